The van der Waals surface area contributed by atoms with Crippen LogP contribution in [0.1, 0.15) is 44.4 Å². The van der Waals surface area contributed by atoms with E-state index in [0.717, 1.165) is 27.2 Å². The minimum Gasteiger partial charge on any atom is -0.452 e. The van der Waals surface area contributed by atoms with Crippen molar-refractivity contribution in [3.63, 3.8) is 0 Å². The molecular weight excluding hydrogens is 540 g/mol. The van der Waals surface area contributed by atoms with E-state index in [1.165, 1.54) is 6.07 Å². The minimum atomic E-state index is -0.820. The molecule has 7 nitrogen and oxygen atoms in total. The van der Waals surface area contributed by atoms with Crippen molar-refractivity contribution >= 4 is 46.7 Å². The lowest BCUT2D eigenvalue weighted by molar-refractivity contribution is -0.122. The molecule has 3 amide bonds. The van der Waals surface area contributed by atoms with Gasteiger partial charge >= 0.3 is 5.97 Å². The molecule has 2 atom stereocenters. The number of para-hydroxylation sites is 2. The zero-order chi connectivity index (χ0) is 28.2. The Bertz CT molecular complexity index is 1650. The maximum atomic E-state index is 14.1. The van der Waals surface area contributed by atoms with Crippen LogP contribution in [0.3, 0.4) is 0 Å². The van der Waals surface area contributed by atoms with Crippen molar-refractivity contribution in [2.24, 2.45) is 11.8 Å². The minimum absolute atomic E-state index is 0.0285. The Hall–Kier alpha value is -4.75. The molecule has 4 aromatic carbocycles. The van der Waals surface area contributed by atoms with E-state index in [-0.39, 0.29) is 34.9 Å². The molecule has 3 aliphatic carbocycles. The summed E-state index contributed by atoms with van der Waals surface area (Å²) >= 11 is 6.09. The van der Waals surface area contributed by atoms with Crippen LogP contribution in [0.5, 0.6) is 0 Å². The smallest absolute Gasteiger partial charge is 0.340 e. The van der Waals surface area contributed by atoms with E-state index in [4.69, 9.17) is 16.3 Å². The molecule has 41 heavy (non-hydrogen) atoms. The Labute approximate surface area is 240 Å². The summed E-state index contributed by atoms with van der Waals surface area (Å²) in [4.78, 5) is 55.0. The van der Waals surface area contributed by atoms with Gasteiger partial charge in [0.05, 0.1) is 33.8 Å². The van der Waals surface area contributed by atoms with Crippen LogP contribution in [0.15, 0.2) is 97.1 Å². The molecule has 4 aliphatic rings. The summed E-state index contributed by atoms with van der Waals surface area (Å²) in [6.45, 7) is -0.569. The predicted molar refractivity (Wildman–Crippen MR) is 153 cm³/mol. The Morgan fingerprint density at radius 3 is 1.76 bits per heavy atom. The number of rotatable bonds is 5. The average Bonchev–Trinajstić information content (AvgIpc) is 3.27. The molecule has 0 saturated carbocycles. The molecule has 8 heteroatoms. The average molecular weight is 563 g/mol. The van der Waals surface area contributed by atoms with E-state index in [0.29, 0.717) is 10.7 Å². The first kappa shape index (κ1) is 25.2. The summed E-state index contributed by atoms with van der Waals surface area (Å²) in [5.41, 5.74) is 4.84. The maximum Gasteiger partial charge on any atom is 0.340 e. The summed E-state index contributed by atoms with van der Waals surface area (Å²) in [7, 11) is 0. The van der Waals surface area contributed by atoms with Crippen LogP contribution in [0.25, 0.3) is 0 Å². The molecule has 0 aromatic heterocycles. The summed E-state index contributed by atoms with van der Waals surface area (Å²) in [6, 6.07) is 29.1. The van der Waals surface area contributed by atoms with E-state index in [9.17, 15) is 19.2 Å². The Morgan fingerprint density at radius 2 is 1.20 bits per heavy atom. The van der Waals surface area contributed by atoms with Gasteiger partial charge in [0.15, 0.2) is 6.61 Å². The van der Waals surface area contributed by atoms with Gasteiger partial charge in [-0.2, -0.15) is 0 Å². The third-order valence-electron chi connectivity index (χ3n) is 8.30. The molecule has 4 aromatic rings. The van der Waals surface area contributed by atoms with E-state index in [1.807, 2.05) is 48.5 Å². The van der Waals surface area contributed by atoms with Crippen molar-refractivity contribution in [1.82, 2.24) is 0 Å². The molecule has 1 N–H and O–H groups in total. The van der Waals surface area contributed by atoms with Crippen LogP contribution in [-0.4, -0.2) is 30.3 Å². The number of carbonyl (C=O) groups is 4. The first-order chi connectivity index (χ1) is 20.0. The van der Waals surface area contributed by atoms with Gasteiger partial charge in [0.2, 0.25) is 11.8 Å². The van der Waals surface area contributed by atoms with Crippen molar-refractivity contribution < 1.29 is 23.9 Å². The third kappa shape index (κ3) is 3.88. The van der Waals surface area contributed by atoms with Crippen LogP contribution < -0.4 is 10.2 Å². The van der Waals surface area contributed by atoms with Gasteiger partial charge in [-0.15, -0.1) is 0 Å². The molecule has 1 heterocycles. The highest BCUT2D eigenvalue weighted by Crippen LogP contribution is 2.61. The van der Waals surface area contributed by atoms with Gasteiger partial charge in [0.25, 0.3) is 5.91 Å². The Morgan fingerprint density at radius 1 is 0.707 bits per heavy atom. The summed E-state index contributed by atoms with van der Waals surface area (Å²) < 4.78 is 5.30. The molecule has 8 rings (SSSR count). The van der Waals surface area contributed by atoms with Gasteiger partial charge in [0, 0.05) is 11.8 Å². The number of hydrogen-bond acceptors (Lipinski definition) is 5. The predicted octanol–water partition coefficient (Wildman–Crippen LogP) is 5.53. The maximum absolute atomic E-state index is 14.1. The highest BCUT2D eigenvalue weighted by molar-refractivity contribution is 6.33. The number of hydrogen-bond donors (Lipinski definition) is 1. The topological polar surface area (TPSA) is 92.8 Å². The van der Waals surface area contributed by atoms with Crippen LogP contribution in [0.2, 0.25) is 5.02 Å². The summed E-state index contributed by atoms with van der Waals surface area (Å²) in [6.07, 6.45) is 0. The van der Waals surface area contributed by atoms with E-state index in [1.54, 1.807) is 42.5 Å². The van der Waals surface area contributed by atoms with Crippen LogP contribution in [0.4, 0.5) is 11.4 Å². The zero-order valence-corrected chi connectivity index (χ0v) is 22.4. The fourth-order valence-corrected chi connectivity index (χ4v) is 6.90. The summed E-state index contributed by atoms with van der Waals surface area (Å²) in [5, 5.41) is 2.95. The lowest BCUT2D eigenvalue weighted by Gasteiger charge is -2.45. The highest BCUT2D eigenvalue weighted by Gasteiger charge is 2.62. The third-order valence-corrected chi connectivity index (χ3v) is 8.63. The van der Waals surface area contributed by atoms with Gasteiger partial charge < -0.3 is 10.1 Å². The first-order valence-corrected chi connectivity index (χ1v) is 13.7. The Balaban J connectivity index is 1.19. The normalized spacial score (nSPS) is 21.6. The number of amides is 3. The lowest BCUT2D eigenvalue weighted by Crippen LogP contribution is -2.41. The second-order valence-electron chi connectivity index (χ2n) is 10.4. The SMILES string of the molecule is O=C(COC(=O)c1ccccc1N1C(=O)[C@@H]2C3c4ccccc4C(c4ccccc43)[C@H]2C1=O)Nc1ccccc1Cl. The molecule has 1 aliphatic heterocycles. The van der Waals surface area contributed by atoms with Crippen molar-refractivity contribution in [1.29, 1.82) is 0 Å². The number of nitrogens with zero attached hydrogens (tertiary/aromatic N) is 1. The van der Waals surface area contributed by atoms with Crippen molar-refractivity contribution in [2.75, 3.05) is 16.8 Å². The highest BCUT2D eigenvalue weighted by atomic mass is 35.5. The molecule has 2 bridgehead atoms. The van der Waals surface area contributed by atoms with Gasteiger partial charge in [-0.3, -0.25) is 14.4 Å². The number of ether oxygens (including phenoxy) is 1. The van der Waals surface area contributed by atoms with E-state index in [2.05, 4.69) is 5.32 Å². The number of nitrogens with one attached hydrogen (secondary N) is 1. The number of anilines is 2. The quantitative estimate of drug-likeness (QED) is 0.255. The first-order valence-electron chi connectivity index (χ1n) is 13.3. The molecule has 1 fully saturated rings. The van der Waals surface area contributed by atoms with Crippen LogP contribution in [-0.2, 0) is 19.1 Å². The van der Waals surface area contributed by atoms with E-state index >= 15 is 0 Å². The number of carbonyl (C=O) groups excluding carboxylic acids is 4. The number of benzene rings is 4. The zero-order valence-electron chi connectivity index (χ0n) is 21.6. The number of halogens is 1. The fourth-order valence-electron chi connectivity index (χ4n) is 6.71. The molecule has 0 radical (unpaired) electrons. The monoisotopic (exact) mass is 562 g/mol. The molecule has 1 saturated heterocycles. The fraction of sp³-hybridized carbons (Fsp3) is 0.152. The number of esters is 1. The Kier molecular flexibility index (Phi) is 5.98. The lowest BCUT2D eigenvalue weighted by atomic mass is 9.55. The molecule has 202 valence electrons. The van der Waals surface area contributed by atoms with Gasteiger partial charge in [-0.05, 0) is 46.5 Å². The van der Waals surface area contributed by atoms with Crippen molar-refractivity contribution in [3.8, 4) is 0 Å². The van der Waals surface area contributed by atoms with Crippen molar-refractivity contribution in [3.05, 3.63) is 130 Å². The largest absolute Gasteiger partial charge is 0.452 e. The van der Waals surface area contributed by atoms with Gasteiger partial charge in [0.1, 0.15) is 0 Å². The van der Waals surface area contributed by atoms with Gasteiger partial charge in [-0.1, -0.05) is 84.4 Å². The number of imide groups is 1. The summed E-state index contributed by atoms with van der Waals surface area (Å²) in [5.74, 6) is -3.75. The van der Waals surface area contributed by atoms with Crippen LogP contribution in [0, 0.1) is 11.8 Å². The molecular formula is C33H23ClN2O5. The van der Waals surface area contributed by atoms with Gasteiger partial charge in [-0.25, -0.2) is 9.69 Å². The second kappa shape index (κ2) is 9.71. The van der Waals surface area contributed by atoms with E-state index < -0.39 is 30.3 Å². The molecule has 0 unspecified atom stereocenters. The van der Waals surface area contributed by atoms with Crippen molar-refractivity contribution in [2.45, 2.75) is 11.8 Å². The second-order valence-corrected chi connectivity index (χ2v) is 10.8. The van der Waals surface area contributed by atoms with Crippen LogP contribution >= 0.6 is 11.6 Å². The standard InChI is InChI=1S/C33H23ClN2O5/c34-23-14-6-7-15-24(23)35-26(37)17-41-33(40)22-13-5-8-16-25(22)36-31(38)29-27-18-9-1-2-10-19(18)28(30(29)32(36)39)21-12-4-3-11-20(21)27/h1-16,27-30H,17H2,(H,35,37)/t27?,28?,29-,30-/m1/s1. The molecule has 0 spiro atoms.